The Morgan fingerprint density at radius 1 is 1.50 bits per heavy atom. The van der Waals surface area contributed by atoms with Crippen molar-refractivity contribution in [2.45, 2.75) is 33.6 Å². The molecule has 0 radical (unpaired) electrons. The maximum Gasteiger partial charge on any atom is 0.306 e. The van der Waals surface area contributed by atoms with Crippen molar-refractivity contribution >= 4 is 5.97 Å². The van der Waals surface area contributed by atoms with Crippen LogP contribution in [0.5, 0.6) is 0 Å². The molecule has 0 aliphatic carbocycles. The molecule has 1 aromatic heterocycles. The Balaban J connectivity index is 2.42. The molecule has 14 heavy (non-hydrogen) atoms. The highest BCUT2D eigenvalue weighted by Crippen LogP contribution is 2.10. The molecule has 0 saturated carbocycles. The van der Waals surface area contributed by atoms with Crippen LogP contribution >= 0.6 is 0 Å². The molecule has 0 aliphatic heterocycles. The van der Waals surface area contributed by atoms with Crippen molar-refractivity contribution < 1.29 is 9.53 Å². The number of carbonyl (C=O) groups is 1. The lowest BCUT2D eigenvalue weighted by Gasteiger charge is -1.99. The number of H-pyrrole nitrogens is 1. The summed E-state index contributed by atoms with van der Waals surface area (Å²) in [7, 11) is 0. The number of ether oxygens (including phenoxy) is 1. The standard InChI is InChI=1S/C11H17NO2/c1-4-14-11(13)6-5-10-7-8(2)9(3)12-10/h7,12H,4-6H2,1-3H3. The average molecular weight is 195 g/mol. The highest BCUT2D eigenvalue weighted by molar-refractivity contribution is 5.69. The van der Waals surface area contributed by atoms with Crippen LogP contribution in [0.3, 0.4) is 0 Å². The van der Waals surface area contributed by atoms with Crippen LogP contribution in [0.4, 0.5) is 0 Å². The average Bonchev–Trinajstić information content (AvgIpc) is 2.44. The van der Waals surface area contributed by atoms with Gasteiger partial charge in [0, 0.05) is 11.4 Å². The maximum absolute atomic E-state index is 11.1. The quantitative estimate of drug-likeness (QED) is 0.748. The third-order valence-electron chi connectivity index (χ3n) is 2.23. The molecule has 0 unspecified atom stereocenters. The third-order valence-corrected chi connectivity index (χ3v) is 2.23. The van der Waals surface area contributed by atoms with Gasteiger partial charge in [-0.2, -0.15) is 0 Å². The summed E-state index contributed by atoms with van der Waals surface area (Å²) in [6.07, 6.45) is 1.18. The van der Waals surface area contributed by atoms with Crippen molar-refractivity contribution in [1.82, 2.24) is 4.98 Å². The van der Waals surface area contributed by atoms with E-state index in [0.29, 0.717) is 13.0 Å². The van der Waals surface area contributed by atoms with Crippen LogP contribution in [0.25, 0.3) is 0 Å². The second kappa shape index (κ2) is 4.84. The highest BCUT2D eigenvalue weighted by atomic mass is 16.5. The van der Waals surface area contributed by atoms with Gasteiger partial charge in [0.25, 0.3) is 0 Å². The third kappa shape index (κ3) is 2.91. The summed E-state index contributed by atoms with van der Waals surface area (Å²) in [6, 6.07) is 2.08. The zero-order valence-electron chi connectivity index (χ0n) is 9.02. The van der Waals surface area contributed by atoms with Crippen LogP contribution in [-0.4, -0.2) is 17.6 Å². The van der Waals surface area contributed by atoms with Crippen LogP contribution in [-0.2, 0) is 16.0 Å². The minimum Gasteiger partial charge on any atom is -0.466 e. The van der Waals surface area contributed by atoms with Gasteiger partial charge in [-0.05, 0) is 38.8 Å². The first-order valence-electron chi connectivity index (χ1n) is 4.94. The van der Waals surface area contributed by atoms with E-state index in [1.165, 1.54) is 11.3 Å². The largest absolute Gasteiger partial charge is 0.466 e. The SMILES string of the molecule is CCOC(=O)CCc1cc(C)c(C)[nH]1. The van der Waals surface area contributed by atoms with Gasteiger partial charge >= 0.3 is 5.97 Å². The predicted molar refractivity (Wildman–Crippen MR) is 55.2 cm³/mol. The second-order valence-corrected chi connectivity index (χ2v) is 3.41. The molecular weight excluding hydrogens is 178 g/mol. The van der Waals surface area contributed by atoms with Gasteiger partial charge in [-0.3, -0.25) is 4.79 Å². The van der Waals surface area contributed by atoms with Gasteiger partial charge in [0.15, 0.2) is 0 Å². The summed E-state index contributed by atoms with van der Waals surface area (Å²) in [5.74, 6) is -0.127. The van der Waals surface area contributed by atoms with Crippen LogP contribution < -0.4 is 0 Å². The molecule has 3 heteroatoms. The maximum atomic E-state index is 11.1. The molecule has 0 aromatic carbocycles. The number of aromatic amines is 1. The van der Waals surface area contributed by atoms with Gasteiger partial charge in [-0.15, -0.1) is 0 Å². The zero-order valence-corrected chi connectivity index (χ0v) is 9.02. The normalized spacial score (nSPS) is 10.2. The van der Waals surface area contributed by atoms with Crippen molar-refractivity contribution in [3.8, 4) is 0 Å². The Morgan fingerprint density at radius 3 is 2.71 bits per heavy atom. The lowest BCUT2D eigenvalue weighted by Crippen LogP contribution is -2.05. The zero-order chi connectivity index (χ0) is 10.6. The molecule has 1 heterocycles. The fourth-order valence-electron chi connectivity index (χ4n) is 1.35. The van der Waals surface area contributed by atoms with Gasteiger partial charge in [0.05, 0.1) is 13.0 Å². The number of carbonyl (C=O) groups excluding carboxylic acids is 1. The summed E-state index contributed by atoms with van der Waals surface area (Å²) < 4.78 is 4.85. The van der Waals surface area contributed by atoms with E-state index in [0.717, 1.165) is 12.1 Å². The van der Waals surface area contributed by atoms with E-state index < -0.39 is 0 Å². The Labute approximate surface area is 84.5 Å². The fourth-order valence-corrected chi connectivity index (χ4v) is 1.35. The van der Waals surface area contributed by atoms with Crippen LogP contribution in [0.15, 0.2) is 6.07 Å². The molecule has 0 bridgehead atoms. The van der Waals surface area contributed by atoms with Gasteiger partial charge in [0.1, 0.15) is 0 Å². The van der Waals surface area contributed by atoms with Crippen molar-refractivity contribution in [3.63, 3.8) is 0 Å². The second-order valence-electron chi connectivity index (χ2n) is 3.41. The summed E-state index contributed by atoms with van der Waals surface area (Å²) in [4.78, 5) is 14.3. The first-order valence-corrected chi connectivity index (χ1v) is 4.94. The van der Waals surface area contributed by atoms with Gasteiger partial charge in [-0.1, -0.05) is 0 Å². The van der Waals surface area contributed by atoms with Crippen molar-refractivity contribution in [2.24, 2.45) is 0 Å². The molecule has 0 spiro atoms. The Hall–Kier alpha value is -1.25. The van der Waals surface area contributed by atoms with Crippen LogP contribution in [0, 0.1) is 13.8 Å². The van der Waals surface area contributed by atoms with Crippen LogP contribution in [0.1, 0.15) is 30.3 Å². The predicted octanol–water partition coefficient (Wildman–Crippen LogP) is 2.13. The van der Waals surface area contributed by atoms with E-state index in [4.69, 9.17) is 4.74 Å². The topological polar surface area (TPSA) is 42.1 Å². The molecule has 0 aliphatic rings. The van der Waals surface area contributed by atoms with E-state index in [-0.39, 0.29) is 5.97 Å². The Morgan fingerprint density at radius 2 is 2.21 bits per heavy atom. The molecule has 0 atom stereocenters. The van der Waals surface area contributed by atoms with E-state index in [1.54, 1.807) is 0 Å². The van der Waals surface area contributed by atoms with Gasteiger partial charge in [-0.25, -0.2) is 0 Å². The lowest BCUT2D eigenvalue weighted by molar-refractivity contribution is -0.143. The minimum absolute atomic E-state index is 0.127. The molecule has 0 amide bonds. The number of esters is 1. The van der Waals surface area contributed by atoms with Gasteiger partial charge < -0.3 is 9.72 Å². The molecule has 1 aromatic rings. The molecule has 3 nitrogen and oxygen atoms in total. The number of aryl methyl sites for hydroxylation is 3. The van der Waals surface area contributed by atoms with E-state index in [9.17, 15) is 4.79 Å². The number of hydrogen-bond donors (Lipinski definition) is 1. The lowest BCUT2D eigenvalue weighted by atomic mass is 10.2. The van der Waals surface area contributed by atoms with E-state index >= 15 is 0 Å². The number of hydrogen-bond acceptors (Lipinski definition) is 2. The summed E-state index contributed by atoms with van der Waals surface area (Å²) in [6.45, 7) is 6.37. The number of nitrogens with one attached hydrogen (secondary N) is 1. The highest BCUT2D eigenvalue weighted by Gasteiger charge is 2.04. The first-order chi connectivity index (χ1) is 6.63. The van der Waals surface area contributed by atoms with E-state index in [2.05, 4.69) is 18.0 Å². The first kappa shape index (κ1) is 10.8. The van der Waals surface area contributed by atoms with Crippen LogP contribution in [0.2, 0.25) is 0 Å². The summed E-state index contributed by atoms with van der Waals surface area (Å²) in [5, 5.41) is 0. The van der Waals surface area contributed by atoms with Crippen molar-refractivity contribution in [3.05, 3.63) is 23.0 Å². The van der Waals surface area contributed by atoms with Crippen molar-refractivity contribution in [1.29, 1.82) is 0 Å². The number of rotatable bonds is 4. The molecule has 78 valence electrons. The monoisotopic (exact) mass is 195 g/mol. The minimum atomic E-state index is -0.127. The molecular formula is C11H17NO2. The Kier molecular flexibility index (Phi) is 3.74. The number of aromatic nitrogens is 1. The fraction of sp³-hybridized carbons (Fsp3) is 0.545. The van der Waals surface area contributed by atoms with E-state index in [1.807, 2.05) is 13.8 Å². The Bertz CT molecular complexity index is 296. The smallest absolute Gasteiger partial charge is 0.306 e. The summed E-state index contributed by atoms with van der Waals surface area (Å²) >= 11 is 0. The van der Waals surface area contributed by atoms with Gasteiger partial charge in [0.2, 0.25) is 0 Å². The molecule has 1 N–H and O–H groups in total. The summed E-state index contributed by atoms with van der Waals surface area (Å²) in [5.41, 5.74) is 3.51. The van der Waals surface area contributed by atoms with Crippen molar-refractivity contribution in [2.75, 3.05) is 6.61 Å². The molecule has 0 fully saturated rings. The molecule has 0 saturated heterocycles. The molecule has 1 rings (SSSR count).